The maximum Gasteiger partial charge on any atom is 0.197 e. The zero-order valence-electron chi connectivity index (χ0n) is 14.2. The van der Waals surface area contributed by atoms with Gasteiger partial charge in [-0.1, -0.05) is 37.0 Å². The van der Waals surface area contributed by atoms with E-state index >= 15 is 0 Å². The second kappa shape index (κ2) is 7.65. The summed E-state index contributed by atoms with van der Waals surface area (Å²) in [6.07, 6.45) is 0. The Morgan fingerprint density at radius 1 is 1.08 bits per heavy atom. The number of pyridine rings is 1. The number of likely N-dealkylation sites (N-methyl/N-ethyl adjacent to an activating group) is 1. The number of hydrogen-bond acceptors (Lipinski definition) is 3. The molecule has 0 spiro atoms. The molecule has 1 N–H and O–H groups in total. The van der Waals surface area contributed by atoms with Gasteiger partial charge in [0.2, 0.25) is 0 Å². The highest BCUT2D eigenvalue weighted by molar-refractivity contribution is 6.38. The normalized spacial score (nSPS) is 11.6. The van der Waals surface area contributed by atoms with Crippen LogP contribution in [-0.4, -0.2) is 36.1 Å². The molecule has 25 heavy (non-hydrogen) atoms. The fourth-order valence-corrected chi connectivity index (χ4v) is 3.45. The van der Waals surface area contributed by atoms with Gasteiger partial charge in [0.25, 0.3) is 0 Å². The summed E-state index contributed by atoms with van der Waals surface area (Å²) in [5.74, 6) is 0.722. The van der Waals surface area contributed by atoms with Crippen molar-refractivity contribution in [1.82, 2.24) is 9.88 Å². The molecule has 1 heterocycles. The average molecular weight is 379 g/mol. The summed E-state index contributed by atoms with van der Waals surface area (Å²) in [6.45, 7) is 7.72. The van der Waals surface area contributed by atoms with E-state index in [0.29, 0.717) is 38.5 Å². The standard InChI is InChI=1S/C19H20Cl2N2O2/c1-3-23(4-2)7-8-25-13-5-6-14-17(11-13)22-18-15(19(14)24)9-12(20)10-16(18)21/h5-6,9-11H,3-4,7-8H2,1-2H3,(H,22,24). The number of fused-ring (bicyclic) bond motifs is 2. The topological polar surface area (TPSA) is 45.3 Å². The molecule has 3 aromatic rings. The molecule has 0 amide bonds. The number of hydrogen-bond donors (Lipinski definition) is 1. The van der Waals surface area contributed by atoms with Crippen molar-refractivity contribution in [2.75, 3.05) is 26.2 Å². The Morgan fingerprint density at radius 3 is 2.56 bits per heavy atom. The van der Waals surface area contributed by atoms with E-state index in [0.717, 1.165) is 25.4 Å². The van der Waals surface area contributed by atoms with E-state index < -0.39 is 0 Å². The highest BCUT2D eigenvalue weighted by Gasteiger charge is 2.10. The van der Waals surface area contributed by atoms with Gasteiger partial charge in [-0.2, -0.15) is 0 Å². The Labute approximate surface area is 156 Å². The molecule has 0 bridgehead atoms. The van der Waals surface area contributed by atoms with Gasteiger partial charge in [0.1, 0.15) is 12.4 Å². The van der Waals surface area contributed by atoms with Crippen LogP contribution in [0.2, 0.25) is 10.0 Å². The van der Waals surface area contributed by atoms with Crippen molar-refractivity contribution in [1.29, 1.82) is 0 Å². The lowest BCUT2D eigenvalue weighted by molar-refractivity contribution is 0.223. The highest BCUT2D eigenvalue weighted by Crippen LogP contribution is 2.27. The van der Waals surface area contributed by atoms with Gasteiger partial charge in [-0.15, -0.1) is 0 Å². The summed E-state index contributed by atoms with van der Waals surface area (Å²) in [4.78, 5) is 18.2. The van der Waals surface area contributed by atoms with Gasteiger partial charge >= 0.3 is 0 Å². The summed E-state index contributed by atoms with van der Waals surface area (Å²) in [5, 5.41) is 1.94. The third-order valence-electron chi connectivity index (χ3n) is 4.37. The minimum atomic E-state index is -0.0946. The minimum Gasteiger partial charge on any atom is -0.492 e. The second-order valence-electron chi connectivity index (χ2n) is 5.85. The van der Waals surface area contributed by atoms with Gasteiger partial charge in [0.05, 0.1) is 16.1 Å². The van der Waals surface area contributed by atoms with Gasteiger partial charge in [0.15, 0.2) is 5.43 Å². The lowest BCUT2D eigenvalue weighted by Crippen LogP contribution is -2.27. The predicted octanol–water partition coefficient (Wildman–Crippen LogP) is 4.71. The van der Waals surface area contributed by atoms with Gasteiger partial charge in [-0.25, -0.2) is 0 Å². The summed E-state index contributed by atoms with van der Waals surface area (Å²) >= 11 is 12.3. The maximum absolute atomic E-state index is 12.7. The Hall–Kier alpha value is -1.75. The van der Waals surface area contributed by atoms with Crippen LogP contribution < -0.4 is 10.2 Å². The largest absolute Gasteiger partial charge is 0.492 e. The molecule has 0 aliphatic heterocycles. The van der Waals surface area contributed by atoms with Crippen molar-refractivity contribution in [3.63, 3.8) is 0 Å². The van der Waals surface area contributed by atoms with E-state index in [1.54, 1.807) is 18.2 Å². The van der Waals surface area contributed by atoms with E-state index in [9.17, 15) is 4.79 Å². The first kappa shape index (κ1) is 18.1. The molecule has 0 aliphatic rings. The molecule has 0 aliphatic carbocycles. The van der Waals surface area contributed by atoms with Crippen molar-refractivity contribution in [3.8, 4) is 5.75 Å². The Balaban J connectivity index is 1.95. The number of rotatable bonds is 6. The van der Waals surface area contributed by atoms with Gasteiger partial charge in [-0.05, 0) is 37.4 Å². The lowest BCUT2D eigenvalue weighted by atomic mass is 10.1. The van der Waals surface area contributed by atoms with Crippen molar-refractivity contribution < 1.29 is 4.74 Å². The number of nitrogens with one attached hydrogen (secondary N) is 1. The average Bonchev–Trinajstić information content (AvgIpc) is 2.60. The molecular weight excluding hydrogens is 359 g/mol. The summed E-state index contributed by atoms with van der Waals surface area (Å²) < 4.78 is 5.83. The number of aromatic nitrogens is 1. The Morgan fingerprint density at radius 2 is 1.84 bits per heavy atom. The smallest absolute Gasteiger partial charge is 0.197 e. The van der Waals surface area contributed by atoms with Gasteiger partial charge in [-0.3, -0.25) is 4.79 Å². The number of ether oxygens (including phenoxy) is 1. The van der Waals surface area contributed by atoms with Gasteiger partial charge in [0, 0.05) is 28.4 Å². The highest BCUT2D eigenvalue weighted by atomic mass is 35.5. The molecule has 0 saturated heterocycles. The van der Waals surface area contributed by atoms with Crippen molar-refractivity contribution in [2.24, 2.45) is 0 Å². The molecule has 6 heteroatoms. The molecule has 0 atom stereocenters. The first-order chi connectivity index (χ1) is 12.0. The first-order valence-electron chi connectivity index (χ1n) is 8.33. The lowest BCUT2D eigenvalue weighted by Gasteiger charge is -2.18. The second-order valence-corrected chi connectivity index (χ2v) is 6.69. The van der Waals surface area contributed by atoms with Crippen LogP contribution in [-0.2, 0) is 0 Å². The first-order valence-corrected chi connectivity index (χ1v) is 9.09. The zero-order valence-corrected chi connectivity index (χ0v) is 15.7. The molecule has 0 saturated carbocycles. The molecule has 4 nitrogen and oxygen atoms in total. The zero-order chi connectivity index (χ0) is 18.0. The number of nitrogens with zero attached hydrogens (tertiary/aromatic N) is 1. The maximum atomic E-state index is 12.7. The summed E-state index contributed by atoms with van der Waals surface area (Å²) in [6, 6.07) is 8.68. The predicted molar refractivity (Wildman–Crippen MR) is 105 cm³/mol. The fourth-order valence-electron chi connectivity index (χ4n) is 2.91. The molecule has 132 valence electrons. The molecular formula is C19H20Cl2N2O2. The number of aromatic amines is 1. The molecule has 2 aromatic carbocycles. The number of H-pyrrole nitrogens is 1. The quantitative estimate of drug-likeness (QED) is 0.631. The Kier molecular flexibility index (Phi) is 5.52. The number of benzene rings is 2. The van der Waals surface area contributed by atoms with Crippen LogP contribution in [0.3, 0.4) is 0 Å². The van der Waals surface area contributed by atoms with Crippen LogP contribution in [0.1, 0.15) is 13.8 Å². The van der Waals surface area contributed by atoms with Crippen molar-refractivity contribution in [3.05, 3.63) is 50.6 Å². The molecule has 0 fully saturated rings. The monoisotopic (exact) mass is 378 g/mol. The van der Waals surface area contributed by atoms with Crippen LogP contribution in [0.15, 0.2) is 35.1 Å². The van der Waals surface area contributed by atoms with E-state index in [1.807, 2.05) is 12.1 Å². The van der Waals surface area contributed by atoms with E-state index in [1.165, 1.54) is 0 Å². The van der Waals surface area contributed by atoms with Crippen molar-refractivity contribution in [2.45, 2.75) is 13.8 Å². The van der Waals surface area contributed by atoms with E-state index in [-0.39, 0.29) is 5.43 Å². The number of halogens is 2. The molecule has 3 rings (SSSR count). The third kappa shape index (κ3) is 3.76. The molecule has 0 unspecified atom stereocenters. The Bertz CT molecular complexity index is 965. The van der Waals surface area contributed by atoms with Crippen molar-refractivity contribution >= 4 is 45.0 Å². The van der Waals surface area contributed by atoms with E-state index in [2.05, 4.69) is 23.7 Å². The van der Waals surface area contributed by atoms with Gasteiger partial charge < -0.3 is 14.6 Å². The molecule has 0 radical (unpaired) electrons. The summed E-state index contributed by atoms with van der Waals surface area (Å²) in [5.41, 5.74) is 1.19. The van der Waals surface area contributed by atoms with E-state index in [4.69, 9.17) is 27.9 Å². The van der Waals surface area contributed by atoms with Crippen LogP contribution in [0.5, 0.6) is 5.75 Å². The van der Waals surface area contributed by atoms with Crippen LogP contribution >= 0.6 is 23.2 Å². The van der Waals surface area contributed by atoms with Crippen LogP contribution in [0.25, 0.3) is 21.8 Å². The fraction of sp³-hybridized carbons (Fsp3) is 0.316. The SMILES string of the molecule is CCN(CC)CCOc1ccc2c(=O)c3cc(Cl)cc(Cl)c3[nH]c2c1. The van der Waals surface area contributed by atoms with Crippen LogP contribution in [0.4, 0.5) is 0 Å². The van der Waals surface area contributed by atoms with Crippen LogP contribution in [0, 0.1) is 0 Å². The molecule has 1 aromatic heterocycles. The summed E-state index contributed by atoms with van der Waals surface area (Å²) in [7, 11) is 0. The minimum absolute atomic E-state index is 0.0946. The third-order valence-corrected chi connectivity index (χ3v) is 4.88.